The molecule has 1 aromatic heterocycles. The van der Waals surface area contributed by atoms with E-state index < -0.39 is 0 Å². The number of halogens is 1. The Bertz CT molecular complexity index is 1070. The van der Waals surface area contributed by atoms with Gasteiger partial charge >= 0.3 is 0 Å². The number of methoxy groups -OCH3 is 2. The van der Waals surface area contributed by atoms with Gasteiger partial charge in [-0.15, -0.1) is 0 Å². The number of pyridine rings is 1. The monoisotopic (exact) mass is 483 g/mol. The fourth-order valence-corrected chi connectivity index (χ4v) is 3.13. The van der Waals surface area contributed by atoms with E-state index in [0.717, 1.165) is 10.0 Å². The lowest BCUT2D eigenvalue weighted by Crippen LogP contribution is -2.15. The van der Waals surface area contributed by atoms with E-state index in [0.29, 0.717) is 35.0 Å². The van der Waals surface area contributed by atoms with Crippen LogP contribution >= 0.6 is 15.9 Å². The maximum absolute atomic E-state index is 12.5. The minimum atomic E-state index is -0.309. The average Bonchev–Trinajstić information content (AvgIpc) is 2.79. The predicted molar refractivity (Wildman–Crippen MR) is 123 cm³/mol. The van der Waals surface area contributed by atoms with Gasteiger partial charge in [0, 0.05) is 28.3 Å². The van der Waals surface area contributed by atoms with Crippen molar-refractivity contribution in [3.63, 3.8) is 0 Å². The molecule has 0 fully saturated rings. The van der Waals surface area contributed by atoms with E-state index in [1.165, 1.54) is 0 Å². The fraction of sp³-hybridized carbons (Fsp3) is 0.174. The summed E-state index contributed by atoms with van der Waals surface area (Å²) in [4.78, 5) is 29.0. The molecule has 0 aliphatic rings. The molecule has 8 heteroatoms. The molecule has 0 saturated carbocycles. The van der Waals surface area contributed by atoms with Crippen molar-refractivity contribution in [1.82, 2.24) is 4.98 Å². The summed E-state index contributed by atoms with van der Waals surface area (Å²) in [6, 6.07) is 15.8. The van der Waals surface area contributed by atoms with E-state index in [-0.39, 0.29) is 18.2 Å². The van der Waals surface area contributed by atoms with Gasteiger partial charge in [0.25, 0.3) is 5.91 Å². The molecule has 0 saturated heterocycles. The Morgan fingerprint density at radius 1 is 0.968 bits per heavy atom. The third kappa shape index (κ3) is 6.29. The molecule has 0 unspecified atom stereocenters. The van der Waals surface area contributed by atoms with Gasteiger partial charge in [-0.1, -0.05) is 12.1 Å². The number of aryl methyl sites for hydroxylation is 1. The van der Waals surface area contributed by atoms with Gasteiger partial charge in [0.2, 0.25) is 5.91 Å². The first kappa shape index (κ1) is 22.3. The largest absolute Gasteiger partial charge is 0.493 e. The molecule has 2 aromatic carbocycles. The highest BCUT2D eigenvalue weighted by atomic mass is 79.9. The van der Waals surface area contributed by atoms with E-state index in [1.54, 1.807) is 56.8 Å². The van der Waals surface area contributed by atoms with Crippen molar-refractivity contribution in [1.29, 1.82) is 0 Å². The molecular formula is C23H22BrN3O4. The summed E-state index contributed by atoms with van der Waals surface area (Å²) >= 11 is 3.30. The number of carbonyl (C=O) groups excluding carboxylic acids is 2. The molecule has 31 heavy (non-hydrogen) atoms. The number of hydrogen-bond donors (Lipinski definition) is 2. The number of anilines is 2. The van der Waals surface area contributed by atoms with Crippen molar-refractivity contribution in [2.75, 3.05) is 24.9 Å². The van der Waals surface area contributed by atoms with Crippen LogP contribution in [0.2, 0.25) is 0 Å². The van der Waals surface area contributed by atoms with Crippen LogP contribution in [0.15, 0.2) is 65.3 Å². The van der Waals surface area contributed by atoms with Crippen molar-refractivity contribution in [3.05, 3.63) is 76.4 Å². The van der Waals surface area contributed by atoms with Crippen LogP contribution in [0.4, 0.5) is 11.5 Å². The molecule has 0 aliphatic carbocycles. The molecule has 0 atom stereocenters. The number of nitrogens with one attached hydrogen (secondary N) is 2. The Morgan fingerprint density at radius 3 is 2.48 bits per heavy atom. The van der Waals surface area contributed by atoms with Crippen molar-refractivity contribution in [3.8, 4) is 11.5 Å². The van der Waals surface area contributed by atoms with Crippen LogP contribution in [-0.4, -0.2) is 31.0 Å². The summed E-state index contributed by atoms with van der Waals surface area (Å²) < 4.78 is 11.3. The first-order valence-corrected chi connectivity index (χ1v) is 10.3. The second kappa shape index (κ2) is 10.6. The highest BCUT2D eigenvalue weighted by Crippen LogP contribution is 2.28. The maximum atomic E-state index is 12.5. The Balaban J connectivity index is 1.58. The van der Waals surface area contributed by atoms with Gasteiger partial charge < -0.3 is 20.1 Å². The minimum Gasteiger partial charge on any atom is -0.493 e. The van der Waals surface area contributed by atoms with Gasteiger partial charge in [-0.3, -0.25) is 9.59 Å². The van der Waals surface area contributed by atoms with Gasteiger partial charge in [-0.25, -0.2) is 4.98 Å². The molecule has 0 radical (unpaired) electrons. The summed E-state index contributed by atoms with van der Waals surface area (Å²) in [5.74, 6) is 1.25. The van der Waals surface area contributed by atoms with Gasteiger partial charge in [-0.2, -0.15) is 0 Å². The Kier molecular flexibility index (Phi) is 7.61. The SMILES string of the molecule is COc1ccc(CCC(=O)Nc2cccc(C(=O)Nc3ccc(Br)cn3)c2)cc1OC. The van der Waals surface area contributed by atoms with Crippen LogP contribution in [0.3, 0.4) is 0 Å². The lowest BCUT2D eigenvalue weighted by molar-refractivity contribution is -0.116. The van der Waals surface area contributed by atoms with E-state index in [1.807, 2.05) is 18.2 Å². The normalized spacial score (nSPS) is 10.3. The van der Waals surface area contributed by atoms with Crippen LogP contribution in [0.1, 0.15) is 22.3 Å². The van der Waals surface area contributed by atoms with Crippen LogP contribution in [0.5, 0.6) is 11.5 Å². The number of rotatable bonds is 8. The Hall–Kier alpha value is -3.39. The summed E-state index contributed by atoms with van der Waals surface area (Å²) in [5, 5.41) is 5.56. The van der Waals surface area contributed by atoms with Crippen molar-refractivity contribution in [2.24, 2.45) is 0 Å². The van der Waals surface area contributed by atoms with Gasteiger partial charge in [-0.05, 0) is 70.4 Å². The summed E-state index contributed by atoms with van der Waals surface area (Å²) in [6.07, 6.45) is 2.43. The lowest BCUT2D eigenvalue weighted by atomic mass is 10.1. The third-order valence-electron chi connectivity index (χ3n) is 4.47. The van der Waals surface area contributed by atoms with Crippen LogP contribution in [0.25, 0.3) is 0 Å². The highest BCUT2D eigenvalue weighted by Gasteiger charge is 2.10. The summed E-state index contributed by atoms with van der Waals surface area (Å²) in [6.45, 7) is 0. The van der Waals surface area contributed by atoms with Gasteiger partial charge in [0.05, 0.1) is 14.2 Å². The number of aromatic nitrogens is 1. The molecule has 2 amide bonds. The number of ether oxygens (including phenoxy) is 2. The zero-order valence-corrected chi connectivity index (χ0v) is 18.7. The summed E-state index contributed by atoms with van der Waals surface area (Å²) in [7, 11) is 3.15. The Morgan fingerprint density at radius 2 is 1.77 bits per heavy atom. The lowest BCUT2D eigenvalue weighted by Gasteiger charge is -2.10. The zero-order chi connectivity index (χ0) is 22.2. The third-order valence-corrected chi connectivity index (χ3v) is 4.94. The van der Waals surface area contributed by atoms with Crippen LogP contribution in [-0.2, 0) is 11.2 Å². The highest BCUT2D eigenvalue weighted by molar-refractivity contribution is 9.10. The number of hydrogen-bond acceptors (Lipinski definition) is 5. The van der Waals surface area contributed by atoms with Crippen molar-refractivity contribution < 1.29 is 19.1 Å². The number of benzene rings is 2. The number of nitrogens with zero attached hydrogens (tertiary/aromatic N) is 1. The van der Waals surface area contributed by atoms with E-state index in [4.69, 9.17) is 9.47 Å². The van der Waals surface area contributed by atoms with Crippen LogP contribution < -0.4 is 20.1 Å². The molecule has 7 nitrogen and oxygen atoms in total. The van der Waals surface area contributed by atoms with Crippen molar-refractivity contribution >= 4 is 39.2 Å². The molecule has 0 aliphatic heterocycles. The topological polar surface area (TPSA) is 89.5 Å². The average molecular weight is 484 g/mol. The van der Waals surface area contributed by atoms with E-state index in [9.17, 15) is 9.59 Å². The molecule has 2 N–H and O–H groups in total. The van der Waals surface area contributed by atoms with Gasteiger partial charge in [0.15, 0.2) is 11.5 Å². The Labute approximate surface area is 188 Å². The smallest absolute Gasteiger partial charge is 0.256 e. The number of amides is 2. The minimum absolute atomic E-state index is 0.151. The molecule has 0 bridgehead atoms. The van der Waals surface area contributed by atoms with Crippen molar-refractivity contribution in [2.45, 2.75) is 12.8 Å². The molecule has 160 valence electrons. The zero-order valence-electron chi connectivity index (χ0n) is 17.1. The molecule has 3 rings (SSSR count). The van der Waals surface area contributed by atoms with E-state index >= 15 is 0 Å². The first-order valence-electron chi connectivity index (χ1n) is 9.52. The van der Waals surface area contributed by atoms with Crippen LogP contribution in [0, 0.1) is 0 Å². The molecule has 3 aromatic rings. The predicted octanol–water partition coefficient (Wildman–Crippen LogP) is 4.68. The van der Waals surface area contributed by atoms with E-state index in [2.05, 4.69) is 31.5 Å². The second-order valence-electron chi connectivity index (χ2n) is 6.63. The summed E-state index contributed by atoms with van der Waals surface area (Å²) in [5.41, 5.74) is 1.93. The fourth-order valence-electron chi connectivity index (χ4n) is 2.89. The standard InChI is InChI=1S/C23H22BrN3O4/c1-30-19-9-6-15(12-20(19)31-2)7-11-22(28)26-18-5-3-4-16(13-18)23(29)27-21-10-8-17(24)14-25-21/h3-6,8-10,12-14H,7,11H2,1-2H3,(H,26,28)(H,25,27,29). The second-order valence-corrected chi connectivity index (χ2v) is 7.55. The molecular weight excluding hydrogens is 462 g/mol. The van der Waals surface area contributed by atoms with Gasteiger partial charge in [0.1, 0.15) is 5.82 Å². The molecule has 0 spiro atoms. The maximum Gasteiger partial charge on any atom is 0.256 e. The first-order chi connectivity index (χ1) is 15.0. The molecule has 1 heterocycles. The number of carbonyl (C=O) groups is 2. The quantitative estimate of drug-likeness (QED) is 0.485.